The van der Waals surface area contributed by atoms with Gasteiger partial charge in [-0.15, -0.1) is 0 Å². The second-order valence-corrected chi connectivity index (χ2v) is 7.71. The zero-order chi connectivity index (χ0) is 23.2. The van der Waals surface area contributed by atoms with E-state index in [1.54, 1.807) is 0 Å². The first kappa shape index (κ1) is 31.1. The number of nitrogens with zero attached hydrogens (tertiary/aromatic N) is 2. The molecule has 1 aliphatic rings. The average Bonchev–Trinajstić information content (AvgIpc) is 2.67. The largest absolute Gasteiger partial charge is 0.472 e. The summed E-state index contributed by atoms with van der Waals surface area (Å²) in [5, 5.41) is 27.8. The number of aliphatic hydroxyl groups excluding tert-OH is 3. The number of hydrogen-bond acceptors (Lipinski definition) is 8. The number of rotatable bonds is 8. The van der Waals surface area contributed by atoms with Gasteiger partial charge in [0.15, 0.2) is 6.29 Å². The van der Waals surface area contributed by atoms with E-state index >= 15 is 0 Å². The van der Waals surface area contributed by atoms with Gasteiger partial charge in [-0.2, -0.15) is 0 Å². The molecule has 0 amide bonds. The smallest absolute Gasteiger partial charge is 0.388 e. The standard InChI is InChI=1S/2C6H15N.C6H13O8P/c2*1-4-7(5-2)6-3;1-2-3(7)4(8)5(9)6(13-2)14-15(10,11)12/h2*4-6H2,1-3H3;2-9H,1H3,(H2,10,11,12)/t;;2-,3+,4+,5-,6?/m..1/s1. The molecule has 0 aliphatic carbocycles. The lowest BCUT2D eigenvalue weighted by Crippen LogP contribution is -2.57. The minimum absolute atomic E-state index is 0.903. The van der Waals surface area contributed by atoms with E-state index in [1.165, 1.54) is 46.2 Å². The Labute approximate surface area is 175 Å². The van der Waals surface area contributed by atoms with Crippen LogP contribution >= 0.6 is 7.82 Å². The van der Waals surface area contributed by atoms with Crippen LogP contribution in [0.25, 0.3) is 0 Å². The second kappa shape index (κ2) is 16.5. The van der Waals surface area contributed by atoms with Crippen molar-refractivity contribution in [3.63, 3.8) is 0 Å². The summed E-state index contributed by atoms with van der Waals surface area (Å²) in [5.74, 6) is 0. The van der Waals surface area contributed by atoms with Crippen LogP contribution in [0.15, 0.2) is 0 Å². The molecule has 5 N–H and O–H groups in total. The van der Waals surface area contributed by atoms with Gasteiger partial charge in [-0.3, -0.25) is 4.52 Å². The maximum Gasteiger partial charge on any atom is 0.472 e. The van der Waals surface area contributed by atoms with Crippen molar-refractivity contribution in [2.45, 2.75) is 79.2 Å². The van der Waals surface area contributed by atoms with E-state index < -0.39 is 38.5 Å². The van der Waals surface area contributed by atoms with Crippen molar-refractivity contribution in [2.75, 3.05) is 39.3 Å². The minimum Gasteiger partial charge on any atom is -0.388 e. The predicted molar refractivity (Wildman–Crippen MR) is 112 cm³/mol. The highest BCUT2D eigenvalue weighted by molar-refractivity contribution is 7.46. The number of aliphatic hydroxyl groups is 3. The van der Waals surface area contributed by atoms with E-state index in [-0.39, 0.29) is 0 Å². The predicted octanol–water partition coefficient (Wildman–Crippen LogP) is 0.619. The summed E-state index contributed by atoms with van der Waals surface area (Å²) in [6.07, 6.45) is -7.20. The maximum absolute atomic E-state index is 10.5. The number of phosphoric ester groups is 1. The molecule has 0 aromatic heterocycles. The molecular formula is C18H43N2O8P. The molecule has 0 aromatic rings. The van der Waals surface area contributed by atoms with Gasteiger partial charge in [0.2, 0.25) is 0 Å². The first-order chi connectivity index (χ1) is 13.4. The van der Waals surface area contributed by atoms with E-state index in [0.29, 0.717) is 0 Å². The van der Waals surface area contributed by atoms with Crippen molar-refractivity contribution in [3.8, 4) is 0 Å². The molecule has 1 fully saturated rings. The van der Waals surface area contributed by atoms with Crippen molar-refractivity contribution in [2.24, 2.45) is 0 Å². The van der Waals surface area contributed by atoms with Gasteiger partial charge in [0.05, 0.1) is 6.10 Å². The van der Waals surface area contributed by atoms with Crippen LogP contribution in [0.5, 0.6) is 0 Å². The summed E-state index contributed by atoms with van der Waals surface area (Å²) in [6.45, 7) is 21.6. The molecule has 1 aliphatic heterocycles. The molecule has 0 spiro atoms. The van der Waals surface area contributed by atoms with Crippen molar-refractivity contribution < 1.29 is 38.9 Å². The molecule has 5 atom stereocenters. The van der Waals surface area contributed by atoms with Crippen molar-refractivity contribution in [1.82, 2.24) is 9.80 Å². The van der Waals surface area contributed by atoms with Gasteiger partial charge in [-0.25, -0.2) is 4.57 Å². The van der Waals surface area contributed by atoms with Gasteiger partial charge < -0.3 is 39.6 Å². The van der Waals surface area contributed by atoms with Crippen LogP contribution in [0.4, 0.5) is 0 Å². The molecule has 11 heteroatoms. The molecule has 0 saturated carbocycles. The van der Waals surface area contributed by atoms with Crippen molar-refractivity contribution >= 4 is 7.82 Å². The summed E-state index contributed by atoms with van der Waals surface area (Å²) in [6, 6.07) is 0. The topological polar surface area (TPSA) is 143 Å². The summed E-state index contributed by atoms with van der Waals surface area (Å²) in [7, 11) is -4.82. The molecular weight excluding hydrogens is 403 g/mol. The van der Waals surface area contributed by atoms with Crippen LogP contribution < -0.4 is 0 Å². The number of ether oxygens (including phenoxy) is 1. The Balaban J connectivity index is 0. The van der Waals surface area contributed by atoms with Crippen molar-refractivity contribution in [1.29, 1.82) is 0 Å². The fourth-order valence-corrected chi connectivity index (χ4v) is 3.02. The molecule has 29 heavy (non-hydrogen) atoms. The SMILES string of the molecule is CCN(CC)CC.CCN(CC)CC.C[C@H]1OC(OP(=O)(O)O)[C@H](O)[C@@H](O)[C@H]1O. The zero-order valence-electron chi connectivity index (χ0n) is 18.9. The maximum atomic E-state index is 10.5. The van der Waals surface area contributed by atoms with Crippen LogP contribution in [0, 0.1) is 0 Å². The monoisotopic (exact) mass is 446 g/mol. The van der Waals surface area contributed by atoms with Gasteiger partial charge in [0, 0.05) is 0 Å². The normalized spacial score (nSPS) is 27.2. The zero-order valence-corrected chi connectivity index (χ0v) is 19.8. The van der Waals surface area contributed by atoms with Gasteiger partial charge in [0.25, 0.3) is 0 Å². The minimum atomic E-state index is -4.82. The van der Waals surface area contributed by atoms with Crippen LogP contribution in [0.1, 0.15) is 48.5 Å². The van der Waals surface area contributed by atoms with Crippen LogP contribution in [0.3, 0.4) is 0 Å². The molecule has 0 bridgehead atoms. The Morgan fingerprint density at radius 3 is 1.34 bits per heavy atom. The number of phosphoric acid groups is 1. The first-order valence-corrected chi connectivity index (χ1v) is 11.8. The highest BCUT2D eigenvalue weighted by Crippen LogP contribution is 2.40. The molecule has 178 valence electrons. The second-order valence-electron chi connectivity index (χ2n) is 6.52. The third kappa shape index (κ3) is 13.7. The summed E-state index contributed by atoms with van der Waals surface area (Å²) in [4.78, 5) is 21.7. The Morgan fingerprint density at radius 2 is 1.10 bits per heavy atom. The Morgan fingerprint density at radius 1 is 0.759 bits per heavy atom. The summed E-state index contributed by atoms with van der Waals surface area (Å²) < 4.78 is 19.4. The third-order valence-electron chi connectivity index (χ3n) is 4.73. The molecule has 1 saturated heterocycles. The molecule has 1 heterocycles. The van der Waals surface area contributed by atoms with Crippen LogP contribution in [0.2, 0.25) is 0 Å². The Kier molecular flexibility index (Phi) is 17.7. The fourth-order valence-electron chi connectivity index (χ4n) is 2.58. The fraction of sp³-hybridized carbons (Fsp3) is 1.00. The highest BCUT2D eigenvalue weighted by Gasteiger charge is 2.44. The molecule has 1 unspecified atom stereocenters. The highest BCUT2D eigenvalue weighted by atomic mass is 31.2. The van der Waals surface area contributed by atoms with Gasteiger partial charge in [-0.05, 0) is 46.2 Å². The lowest BCUT2D eigenvalue weighted by Gasteiger charge is -2.38. The Hall–Kier alpha value is -0.130. The van der Waals surface area contributed by atoms with E-state index in [4.69, 9.17) is 14.5 Å². The van der Waals surface area contributed by atoms with Crippen molar-refractivity contribution in [3.05, 3.63) is 0 Å². The van der Waals surface area contributed by atoms with E-state index in [1.807, 2.05) is 0 Å². The molecule has 1 rings (SSSR count). The quantitative estimate of drug-likeness (QED) is 0.337. The lowest BCUT2D eigenvalue weighted by molar-refractivity contribution is -0.271. The average molecular weight is 447 g/mol. The van der Waals surface area contributed by atoms with Gasteiger partial charge >= 0.3 is 7.82 Å². The van der Waals surface area contributed by atoms with Gasteiger partial charge in [0.1, 0.15) is 18.3 Å². The molecule has 0 radical (unpaired) electrons. The number of hydrogen-bond donors (Lipinski definition) is 5. The van der Waals surface area contributed by atoms with Crippen LogP contribution in [-0.4, -0.2) is 105 Å². The summed E-state index contributed by atoms with van der Waals surface area (Å²) >= 11 is 0. The van der Waals surface area contributed by atoms with E-state index in [2.05, 4.69) is 55.9 Å². The first-order valence-electron chi connectivity index (χ1n) is 10.3. The molecule has 0 aromatic carbocycles. The molecule has 10 nitrogen and oxygen atoms in total. The summed E-state index contributed by atoms with van der Waals surface area (Å²) in [5.41, 5.74) is 0. The Bertz CT molecular complexity index is 409. The lowest BCUT2D eigenvalue weighted by atomic mass is 10.0. The van der Waals surface area contributed by atoms with E-state index in [0.717, 1.165) is 0 Å². The van der Waals surface area contributed by atoms with Gasteiger partial charge in [-0.1, -0.05) is 41.5 Å². The third-order valence-corrected chi connectivity index (χ3v) is 5.22. The van der Waals surface area contributed by atoms with Crippen LogP contribution in [-0.2, 0) is 13.8 Å². The van der Waals surface area contributed by atoms with E-state index in [9.17, 15) is 19.9 Å².